The minimum absolute atomic E-state index is 0.0179. The second-order valence-corrected chi connectivity index (χ2v) is 6.29. The number of thiazole rings is 1. The van der Waals surface area contributed by atoms with E-state index in [0.717, 1.165) is 12.1 Å². The Bertz CT molecular complexity index is 796. The van der Waals surface area contributed by atoms with Gasteiger partial charge in [0.05, 0.1) is 18.2 Å². The summed E-state index contributed by atoms with van der Waals surface area (Å²) in [6, 6.07) is 3.22. The zero-order chi connectivity index (χ0) is 17.3. The molecule has 0 aliphatic carbocycles. The first-order chi connectivity index (χ1) is 11.4. The second kappa shape index (κ2) is 6.52. The molecule has 126 valence electrons. The number of hydrogen-bond acceptors (Lipinski definition) is 5. The summed E-state index contributed by atoms with van der Waals surface area (Å²) in [7, 11) is 0. The van der Waals surface area contributed by atoms with E-state index < -0.39 is 17.6 Å². The molecule has 1 fully saturated rings. The summed E-state index contributed by atoms with van der Waals surface area (Å²) < 4.78 is 26.3. The van der Waals surface area contributed by atoms with Crippen LogP contribution in [0.4, 0.5) is 19.6 Å². The number of benzene rings is 1. The van der Waals surface area contributed by atoms with E-state index in [1.807, 2.05) is 0 Å². The zero-order valence-electron chi connectivity index (χ0n) is 12.5. The van der Waals surface area contributed by atoms with Crippen molar-refractivity contribution < 1.29 is 18.4 Å². The van der Waals surface area contributed by atoms with Crippen molar-refractivity contribution in [1.82, 2.24) is 10.3 Å². The Morgan fingerprint density at radius 2 is 2.21 bits per heavy atom. The van der Waals surface area contributed by atoms with Gasteiger partial charge in [0, 0.05) is 30.1 Å². The number of rotatable bonds is 4. The normalized spacial score (nSPS) is 17.3. The number of amides is 2. The van der Waals surface area contributed by atoms with E-state index in [9.17, 15) is 18.4 Å². The number of aromatic nitrogens is 1. The maximum atomic E-state index is 13.3. The zero-order valence-corrected chi connectivity index (χ0v) is 13.3. The minimum Gasteiger partial charge on any atom is -0.375 e. The Balaban J connectivity index is 1.63. The third-order valence-electron chi connectivity index (χ3n) is 3.72. The van der Waals surface area contributed by atoms with Crippen LogP contribution in [0.5, 0.6) is 0 Å². The number of nitrogens with zero attached hydrogens (tertiary/aromatic N) is 2. The molecule has 3 N–H and O–H groups in total. The number of hydrogen-bond donors (Lipinski definition) is 2. The number of carbonyl (C=O) groups is 2. The molecule has 1 atom stereocenters. The third kappa shape index (κ3) is 3.35. The minimum atomic E-state index is -1.03. The monoisotopic (exact) mass is 352 g/mol. The molecule has 0 unspecified atom stereocenters. The fourth-order valence-electron chi connectivity index (χ4n) is 2.51. The van der Waals surface area contributed by atoms with Gasteiger partial charge in [0.1, 0.15) is 0 Å². The topological polar surface area (TPSA) is 88.3 Å². The Morgan fingerprint density at radius 1 is 1.42 bits per heavy atom. The summed E-state index contributed by atoms with van der Waals surface area (Å²) in [5.41, 5.74) is 6.40. The fourth-order valence-corrected chi connectivity index (χ4v) is 3.07. The van der Waals surface area contributed by atoms with E-state index in [-0.39, 0.29) is 37.0 Å². The maximum Gasteiger partial charge on any atom is 0.227 e. The number of halogens is 2. The molecule has 24 heavy (non-hydrogen) atoms. The van der Waals surface area contributed by atoms with Gasteiger partial charge in [-0.1, -0.05) is 0 Å². The SMILES string of the molecule is Nc1nc(CNC(=O)[C@@H]2CC(=O)N(c3ccc(F)c(F)c3)C2)cs1. The Labute approximate surface area is 140 Å². The molecule has 6 nitrogen and oxygen atoms in total. The molecule has 1 aliphatic rings. The van der Waals surface area contributed by atoms with Crippen LogP contribution < -0.4 is 16.0 Å². The molecular formula is C15H14F2N4O2S. The molecule has 1 aliphatic heterocycles. The molecule has 2 aromatic rings. The molecule has 2 amide bonds. The highest BCUT2D eigenvalue weighted by Gasteiger charge is 2.35. The van der Waals surface area contributed by atoms with Gasteiger partial charge in [-0.3, -0.25) is 9.59 Å². The van der Waals surface area contributed by atoms with Crippen LogP contribution in [0.1, 0.15) is 12.1 Å². The van der Waals surface area contributed by atoms with Crippen molar-refractivity contribution >= 4 is 34.0 Å². The molecule has 0 saturated carbocycles. The summed E-state index contributed by atoms with van der Waals surface area (Å²) in [5.74, 6) is -3.17. The van der Waals surface area contributed by atoms with Crippen LogP contribution in [0.15, 0.2) is 23.6 Å². The summed E-state index contributed by atoms with van der Waals surface area (Å²) in [6.07, 6.45) is 0.0179. The van der Waals surface area contributed by atoms with Crippen LogP contribution in [-0.4, -0.2) is 23.3 Å². The predicted octanol–water partition coefficient (Wildman–Crippen LogP) is 1.67. The van der Waals surface area contributed by atoms with Crippen molar-refractivity contribution in [2.45, 2.75) is 13.0 Å². The average Bonchev–Trinajstić information content (AvgIpc) is 3.14. The van der Waals surface area contributed by atoms with Gasteiger partial charge >= 0.3 is 0 Å². The maximum absolute atomic E-state index is 13.3. The second-order valence-electron chi connectivity index (χ2n) is 5.40. The van der Waals surface area contributed by atoms with E-state index in [1.54, 1.807) is 5.38 Å². The number of nitrogens with one attached hydrogen (secondary N) is 1. The van der Waals surface area contributed by atoms with Crippen molar-refractivity contribution in [2.24, 2.45) is 5.92 Å². The lowest BCUT2D eigenvalue weighted by Gasteiger charge is -2.16. The van der Waals surface area contributed by atoms with E-state index in [1.165, 1.54) is 22.3 Å². The Hall–Kier alpha value is -2.55. The number of nitrogen functional groups attached to an aromatic ring is 1. The average molecular weight is 352 g/mol. The molecule has 2 heterocycles. The molecule has 3 rings (SSSR count). The lowest BCUT2D eigenvalue weighted by molar-refractivity contribution is -0.126. The van der Waals surface area contributed by atoms with Crippen LogP contribution in [0.25, 0.3) is 0 Å². The van der Waals surface area contributed by atoms with Crippen molar-refractivity contribution in [2.75, 3.05) is 17.2 Å². The van der Waals surface area contributed by atoms with Crippen LogP contribution in [0.3, 0.4) is 0 Å². The molecule has 0 radical (unpaired) electrons. The molecular weight excluding hydrogens is 338 g/mol. The summed E-state index contributed by atoms with van der Waals surface area (Å²) >= 11 is 1.28. The fraction of sp³-hybridized carbons (Fsp3) is 0.267. The molecule has 1 saturated heterocycles. The van der Waals surface area contributed by atoms with Gasteiger partial charge in [-0.2, -0.15) is 0 Å². The van der Waals surface area contributed by atoms with E-state index in [4.69, 9.17) is 5.73 Å². The quantitative estimate of drug-likeness (QED) is 0.876. The molecule has 1 aromatic carbocycles. The van der Waals surface area contributed by atoms with Crippen LogP contribution in [0, 0.1) is 17.6 Å². The van der Waals surface area contributed by atoms with Gasteiger partial charge in [0.2, 0.25) is 11.8 Å². The summed E-state index contributed by atoms with van der Waals surface area (Å²) in [5, 5.41) is 4.86. The van der Waals surface area contributed by atoms with E-state index in [2.05, 4.69) is 10.3 Å². The molecule has 0 bridgehead atoms. The standard InChI is InChI=1S/C15H14F2N4O2S/c16-11-2-1-10(4-12(11)17)21-6-8(3-13(21)22)14(23)19-5-9-7-24-15(18)20-9/h1-2,4,7-8H,3,5-6H2,(H2,18,20)(H,19,23)/t8-/m1/s1. The van der Waals surface area contributed by atoms with Crippen molar-refractivity contribution in [1.29, 1.82) is 0 Å². The van der Waals surface area contributed by atoms with Crippen molar-refractivity contribution in [3.05, 3.63) is 40.9 Å². The van der Waals surface area contributed by atoms with Gasteiger partial charge in [-0.15, -0.1) is 11.3 Å². The van der Waals surface area contributed by atoms with Gasteiger partial charge in [-0.05, 0) is 12.1 Å². The highest BCUT2D eigenvalue weighted by Crippen LogP contribution is 2.26. The summed E-state index contributed by atoms with van der Waals surface area (Å²) in [6.45, 7) is 0.345. The molecule has 0 spiro atoms. The molecule has 1 aromatic heterocycles. The van der Waals surface area contributed by atoms with Crippen LogP contribution in [0.2, 0.25) is 0 Å². The number of nitrogens with two attached hydrogens (primary N) is 1. The highest BCUT2D eigenvalue weighted by atomic mass is 32.1. The van der Waals surface area contributed by atoms with Crippen molar-refractivity contribution in [3.63, 3.8) is 0 Å². The van der Waals surface area contributed by atoms with E-state index in [0.29, 0.717) is 10.8 Å². The number of carbonyl (C=O) groups excluding carboxylic acids is 2. The molecule has 9 heteroatoms. The first-order valence-corrected chi connectivity index (χ1v) is 8.05. The third-order valence-corrected chi connectivity index (χ3v) is 4.45. The van der Waals surface area contributed by atoms with Gasteiger partial charge in [-0.25, -0.2) is 13.8 Å². The predicted molar refractivity (Wildman–Crippen MR) is 85.2 cm³/mol. The van der Waals surface area contributed by atoms with Crippen LogP contribution >= 0.6 is 11.3 Å². The van der Waals surface area contributed by atoms with E-state index >= 15 is 0 Å². The van der Waals surface area contributed by atoms with Gasteiger partial charge in [0.25, 0.3) is 0 Å². The van der Waals surface area contributed by atoms with Gasteiger partial charge in [0.15, 0.2) is 16.8 Å². The largest absolute Gasteiger partial charge is 0.375 e. The first-order valence-electron chi connectivity index (χ1n) is 7.17. The lowest BCUT2D eigenvalue weighted by Crippen LogP contribution is -2.32. The number of anilines is 2. The smallest absolute Gasteiger partial charge is 0.227 e. The highest BCUT2D eigenvalue weighted by molar-refractivity contribution is 7.13. The van der Waals surface area contributed by atoms with Gasteiger partial charge < -0.3 is 16.0 Å². The van der Waals surface area contributed by atoms with Crippen molar-refractivity contribution in [3.8, 4) is 0 Å². The van der Waals surface area contributed by atoms with Crippen LogP contribution in [-0.2, 0) is 16.1 Å². The lowest BCUT2D eigenvalue weighted by atomic mass is 10.1. The Morgan fingerprint density at radius 3 is 2.88 bits per heavy atom. The summed E-state index contributed by atoms with van der Waals surface area (Å²) in [4.78, 5) is 29.6. The Kier molecular flexibility index (Phi) is 4.43. The first kappa shape index (κ1) is 16.3.